The SMILES string of the molecule is COc1ccc2c(c1)C(NC(=O)c1cc([N+](=O)[O-])ccc1Cl)CC(C)(C)O2. The molecule has 0 saturated heterocycles. The lowest BCUT2D eigenvalue weighted by Gasteiger charge is -2.38. The maximum absolute atomic E-state index is 12.8. The lowest BCUT2D eigenvalue weighted by Crippen LogP contribution is -2.41. The van der Waals surface area contributed by atoms with Crippen LogP contribution in [0.1, 0.15) is 42.2 Å². The van der Waals surface area contributed by atoms with Crippen molar-refractivity contribution in [3.8, 4) is 11.5 Å². The van der Waals surface area contributed by atoms with Gasteiger partial charge in [-0.2, -0.15) is 0 Å². The van der Waals surface area contributed by atoms with Crippen LogP contribution < -0.4 is 14.8 Å². The van der Waals surface area contributed by atoms with Gasteiger partial charge in [-0.15, -0.1) is 0 Å². The van der Waals surface area contributed by atoms with Crippen LogP contribution in [-0.4, -0.2) is 23.5 Å². The molecule has 0 aromatic heterocycles. The van der Waals surface area contributed by atoms with Crippen LogP contribution in [0, 0.1) is 10.1 Å². The molecule has 1 N–H and O–H groups in total. The van der Waals surface area contributed by atoms with E-state index in [1.165, 1.54) is 18.2 Å². The summed E-state index contributed by atoms with van der Waals surface area (Å²) in [6.45, 7) is 3.86. The summed E-state index contributed by atoms with van der Waals surface area (Å²) in [7, 11) is 1.56. The third-order valence-electron chi connectivity index (χ3n) is 4.39. The number of nitrogens with one attached hydrogen (secondary N) is 1. The fourth-order valence-electron chi connectivity index (χ4n) is 3.13. The first-order valence-electron chi connectivity index (χ1n) is 8.32. The fourth-order valence-corrected chi connectivity index (χ4v) is 3.33. The molecule has 27 heavy (non-hydrogen) atoms. The summed E-state index contributed by atoms with van der Waals surface area (Å²) in [6.07, 6.45) is 0.519. The molecule has 0 radical (unpaired) electrons. The minimum absolute atomic E-state index is 0.0552. The summed E-state index contributed by atoms with van der Waals surface area (Å²) in [5.41, 5.74) is 0.147. The number of non-ortho nitro benzene ring substituents is 1. The van der Waals surface area contributed by atoms with Gasteiger partial charge in [0, 0.05) is 24.1 Å². The number of carbonyl (C=O) groups excluding carboxylic acids is 1. The van der Waals surface area contributed by atoms with Gasteiger partial charge in [-0.1, -0.05) is 11.6 Å². The van der Waals surface area contributed by atoms with Crippen LogP contribution in [-0.2, 0) is 0 Å². The van der Waals surface area contributed by atoms with Crippen molar-refractivity contribution in [2.75, 3.05) is 7.11 Å². The van der Waals surface area contributed by atoms with Crippen molar-refractivity contribution >= 4 is 23.2 Å². The number of hydrogen-bond donors (Lipinski definition) is 1. The van der Waals surface area contributed by atoms with Crippen molar-refractivity contribution in [1.29, 1.82) is 0 Å². The molecular weight excluding hydrogens is 372 g/mol. The number of nitro benzene ring substituents is 1. The molecule has 0 saturated carbocycles. The van der Waals surface area contributed by atoms with Crippen LogP contribution >= 0.6 is 11.6 Å². The van der Waals surface area contributed by atoms with Crippen LogP contribution in [0.4, 0.5) is 5.69 Å². The van der Waals surface area contributed by atoms with Crippen molar-refractivity contribution in [3.63, 3.8) is 0 Å². The molecule has 1 unspecified atom stereocenters. The molecule has 8 heteroatoms. The standard InChI is InChI=1S/C19H19ClN2O5/c1-19(2)10-16(14-9-12(26-3)5-7-17(14)27-19)21-18(23)13-8-11(22(24)25)4-6-15(13)20/h4-9,16H,10H2,1-3H3,(H,21,23). The third-order valence-corrected chi connectivity index (χ3v) is 4.71. The van der Waals surface area contributed by atoms with Gasteiger partial charge in [-0.3, -0.25) is 14.9 Å². The summed E-state index contributed by atoms with van der Waals surface area (Å²) in [5, 5.41) is 14.1. The van der Waals surface area contributed by atoms with Crippen molar-refractivity contribution in [1.82, 2.24) is 5.32 Å². The zero-order valence-electron chi connectivity index (χ0n) is 15.1. The maximum atomic E-state index is 12.8. The molecule has 0 aliphatic carbocycles. The zero-order chi connectivity index (χ0) is 19.8. The lowest BCUT2D eigenvalue weighted by atomic mass is 9.89. The average molecular weight is 391 g/mol. The summed E-state index contributed by atoms with van der Waals surface area (Å²) >= 11 is 6.09. The molecule has 2 aromatic rings. The first-order chi connectivity index (χ1) is 12.7. The number of nitrogens with zero attached hydrogens (tertiary/aromatic N) is 1. The van der Waals surface area contributed by atoms with E-state index in [2.05, 4.69) is 5.32 Å². The predicted octanol–water partition coefficient (Wildman–Crippen LogP) is 4.29. The summed E-state index contributed by atoms with van der Waals surface area (Å²) in [4.78, 5) is 23.2. The smallest absolute Gasteiger partial charge is 0.270 e. The number of carbonyl (C=O) groups is 1. The number of hydrogen-bond acceptors (Lipinski definition) is 5. The highest BCUT2D eigenvalue weighted by Crippen LogP contribution is 2.41. The van der Waals surface area contributed by atoms with Gasteiger partial charge in [0.25, 0.3) is 11.6 Å². The minimum Gasteiger partial charge on any atom is -0.497 e. The number of halogens is 1. The Labute approximate surface area is 161 Å². The molecule has 1 heterocycles. The quantitative estimate of drug-likeness (QED) is 0.621. The van der Waals surface area contributed by atoms with Gasteiger partial charge >= 0.3 is 0 Å². The monoisotopic (exact) mass is 390 g/mol. The van der Waals surface area contributed by atoms with E-state index in [0.717, 1.165) is 5.56 Å². The third kappa shape index (κ3) is 3.98. The highest BCUT2D eigenvalue weighted by Gasteiger charge is 2.35. The van der Waals surface area contributed by atoms with Crippen LogP contribution in [0.15, 0.2) is 36.4 Å². The molecular formula is C19H19ClN2O5. The molecule has 0 fully saturated rings. The molecule has 0 spiro atoms. The molecule has 1 amide bonds. The minimum atomic E-state index is -0.565. The number of fused-ring (bicyclic) bond motifs is 1. The molecule has 3 rings (SSSR count). The molecule has 2 aromatic carbocycles. The van der Waals surface area contributed by atoms with E-state index in [9.17, 15) is 14.9 Å². The molecule has 1 atom stereocenters. The lowest BCUT2D eigenvalue weighted by molar-refractivity contribution is -0.384. The zero-order valence-corrected chi connectivity index (χ0v) is 15.9. The maximum Gasteiger partial charge on any atom is 0.270 e. The molecule has 1 aliphatic heterocycles. The van der Waals surface area contributed by atoms with Crippen LogP contribution in [0.2, 0.25) is 5.02 Å². The van der Waals surface area contributed by atoms with Crippen molar-refractivity contribution in [2.24, 2.45) is 0 Å². The Morgan fingerprint density at radius 3 is 2.74 bits per heavy atom. The van der Waals surface area contributed by atoms with Crippen molar-refractivity contribution in [3.05, 3.63) is 62.7 Å². The normalized spacial score (nSPS) is 17.4. The predicted molar refractivity (Wildman–Crippen MR) is 101 cm³/mol. The van der Waals surface area contributed by atoms with E-state index in [1.54, 1.807) is 19.2 Å². The summed E-state index contributed by atoms with van der Waals surface area (Å²) < 4.78 is 11.3. The molecule has 7 nitrogen and oxygen atoms in total. The van der Waals surface area contributed by atoms with Gasteiger partial charge in [-0.05, 0) is 38.1 Å². The topological polar surface area (TPSA) is 90.7 Å². The Morgan fingerprint density at radius 1 is 1.33 bits per heavy atom. The first kappa shape index (κ1) is 19.0. The van der Waals surface area contributed by atoms with Crippen molar-refractivity contribution < 1.29 is 19.2 Å². The van der Waals surface area contributed by atoms with E-state index in [4.69, 9.17) is 21.1 Å². The van der Waals surface area contributed by atoms with Crippen LogP contribution in [0.3, 0.4) is 0 Å². The highest BCUT2D eigenvalue weighted by atomic mass is 35.5. The Balaban J connectivity index is 1.94. The number of benzene rings is 2. The molecule has 142 valence electrons. The summed E-state index contributed by atoms with van der Waals surface area (Å²) in [5.74, 6) is 0.812. The van der Waals surface area contributed by atoms with E-state index < -0.39 is 16.4 Å². The number of methoxy groups -OCH3 is 1. The average Bonchev–Trinajstić information content (AvgIpc) is 2.60. The largest absolute Gasteiger partial charge is 0.497 e. The van der Waals surface area contributed by atoms with E-state index in [1.807, 2.05) is 19.9 Å². The Bertz CT molecular complexity index is 913. The van der Waals surface area contributed by atoms with Gasteiger partial charge in [0.1, 0.15) is 17.1 Å². The molecule has 1 aliphatic rings. The number of ether oxygens (including phenoxy) is 2. The Hall–Kier alpha value is -2.80. The van der Waals surface area contributed by atoms with Crippen LogP contribution in [0.25, 0.3) is 0 Å². The van der Waals surface area contributed by atoms with Gasteiger partial charge in [0.15, 0.2) is 0 Å². The second kappa shape index (κ2) is 7.08. The van der Waals surface area contributed by atoms with Gasteiger partial charge in [0.05, 0.1) is 28.7 Å². The van der Waals surface area contributed by atoms with Gasteiger partial charge in [-0.25, -0.2) is 0 Å². The highest BCUT2D eigenvalue weighted by molar-refractivity contribution is 6.34. The second-order valence-electron chi connectivity index (χ2n) is 6.92. The number of nitro groups is 1. The molecule has 0 bridgehead atoms. The van der Waals surface area contributed by atoms with E-state index in [0.29, 0.717) is 17.9 Å². The van der Waals surface area contributed by atoms with Gasteiger partial charge < -0.3 is 14.8 Å². The first-order valence-corrected chi connectivity index (χ1v) is 8.70. The van der Waals surface area contributed by atoms with E-state index >= 15 is 0 Å². The second-order valence-corrected chi connectivity index (χ2v) is 7.32. The fraction of sp³-hybridized carbons (Fsp3) is 0.316. The summed E-state index contributed by atoms with van der Waals surface area (Å²) in [6, 6.07) is 8.82. The Kier molecular flexibility index (Phi) is 4.97. The van der Waals surface area contributed by atoms with Crippen molar-refractivity contribution in [2.45, 2.75) is 31.9 Å². The van der Waals surface area contributed by atoms with E-state index in [-0.39, 0.29) is 22.3 Å². The van der Waals surface area contributed by atoms with Crippen LogP contribution in [0.5, 0.6) is 11.5 Å². The van der Waals surface area contributed by atoms with Gasteiger partial charge in [0.2, 0.25) is 0 Å². The Morgan fingerprint density at radius 2 is 2.07 bits per heavy atom. The number of amides is 1. The number of rotatable bonds is 4.